The largest absolute Gasteiger partial charge is 0.416 e. The van der Waals surface area contributed by atoms with Gasteiger partial charge in [0.05, 0.1) is 10.5 Å². The highest BCUT2D eigenvalue weighted by Crippen LogP contribution is 2.30. The Morgan fingerprint density at radius 1 is 1.29 bits per heavy atom. The van der Waals surface area contributed by atoms with Gasteiger partial charge in [0.15, 0.2) is 0 Å². The zero-order valence-electron chi connectivity index (χ0n) is 9.08. The number of rotatable bonds is 4. The van der Waals surface area contributed by atoms with E-state index in [9.17, 15) is 21.6 Å². The SMILES string of the molecule is CCCNS(=O)(=O)c1cccc(C(F)(F)F)c1. The maximum atomic E-state index is 12.4. The van der Waals surface area contributed by atoms with Crippen LogP contribution in [0.3, 0.4) is 0 Å². The van der Waals surface area contributed by atoms with Crippen molar-refractivity contribution in [3.63, 3.8) is 0 Å². The Kier molecular flexibility index (Phi) is 4.16. The molecule has 96 valence electrons. The van der Waals surface area contributed by atoms with Crippen molar-refractivity contribution in [1.82, 2.24) is 4.72 Å². The number of hydrogen-bond acceptors (Lipinski definition) is 2. The van der Waals surface area contributed by atoms with Crippen LogP contribution in [0.5, 0.6) is 0 Å². The molecule has 0 unspecified atom stereocenters. The molecule has 0 bridgehead atoms. The molecule has 0 heterocycles. The standard InChI is InChI=1S/C10H12F3NO2S/c1-2-6-14-17(15,16)9-5-3-4-8(7-9)10(11,12)13/h3-5,7,14H,2,6H2,1H3. The van der Waals surface area contributed by atoms with Gasteiger partial charge in [-0.2, -0.15) is 13.2 Å². The maximum Gasteiger partial charge on any atom is 0.416 e. The average Bonchev–Trinajstić information content (AvgIpc) is 2.25. The van der Waals surface area contributed by atoms with E-state index >= 15 is 0 Å². The van der Waals surface area contributed by atoms with Crippen LogP contribution in [0.15, 0.2) is 29.2 Å². The molecule has 0 amide bonds. The third-order valence-corrected chi connectivity index (χ3v) is 3.47. The van der Waals surface area contributed by atoms with Crippen LogP contribution in [0, 0.1) is 0 Å². The van der Waals surface area contributed by atoms with Crippen molar-refractivity contribution in [1.29, 1.82) is 0 Å². The van der Waals surface area contributed by atoms with Crippen molar-refractivity contribution in [2.45, 2.75) is 24.4 Å². The van der Waals surface area contributed by atoms with Gasteiger partial charge < -0.3 is 0 Å². The van der Waals surface area contributed by atoms with Crippen LogP contribution in [0.4, 0.5) is 13.2 Å². The summed E-state index contributed by atoms with van der Waals surface area (Å²) < 4.78 is 62.6. The molecule has 0 saturated heterocycles. The molecule has 0 fully saturated rings. The van der Waals surface area contributed by atoms with Gasteiger partial charge in [-0.3, -0.25) is 0 Å². The second-order valence-corrected chi connectivity index (χ2v) is 5.19. The molecule has 1 rings (SSSR count). The van der Waals surface area contributed by atoms with E-state index in [0.717, 1.165) is 18.2 Å². The van der Waals surface area contributed by atoms with Crippen LogP contribution in [0.2, 0.25) is 0 Å². The number of benzene rings is 1. The van der Waals surface area contributed by atoms with Gasteiger partial charge >= 0.3 is 6.18 Å². The van der Waals surface area contributed by atoms with E-state index in [4.69, 9.17) is 0 Å². The Morgan fingerprint density at radius 2 is 1.94 bits per heavy atom. The van der Waals surface area contributed by atoms with E-state index in [0.29, 0.717) is 12.5 Å². The van der Waals surface area contributed by atoms with Gasteiger partial charge in [-0.15, -0.1) is 0 Å². The van der Waals surface area contributed by atoms with Crippen LogP contribution < -0.4 is 4.72 Å². The third kappa shape index (κ3) is 3.71. The molecule has 3 nitrogen and oxygen atoms in total. The molecule has 0 aliphatic rings. The Bertz CT molecular complexity index is 483. The lowest BCUT2D eigenvalue weighted by Gasteiger charge is -2.09. The predicted octanol–water partition coefficient (Wildman–Crippen LogP) is 2.39. The molecule has 0 spiro atoms. The lowest BCUT2D eigenvalue weighted by Crippen LogP contribution is -2.24. The monoisotopic (exact) mass is 267 g/mol. The second kappa shape index (κ2) is 5.05. The summed E-state index contributed by atoms with van der Waals surface area (Å²) in [7, 11) is -3.86. The summed E-state index contributed by atoms with van der Waals surface area (Å²) in [5, 5.41) is 0. The number of hydrogen-bond donors (Lipinski definition) is 1. The Balaban J connectivity index is 3.08. The maximum absolute atomic E-state index is 12.4. The van der Waals surface area contributed by atoms with Crippen LogP contribution >= 0.6 is 0 Å². The van der Waals surface area contributed by atoms with E-state index in [1.54, 1.807) is 6.92 Å². The van der Waals surface area contributed by atoms with Crippen LogP contribution in [-0.2, 0) is 16.2 Å². The molecule has 17 heavy (non-hydrogen) atoms. The average molecular weight is 267 g/mol. The summed E-state index contributed by atoms with van der Waals surface area (Å²) in [5.74, 6) is 0. The third-order valence-electron chi connectivity index (χ3n) is 2.01. The molecule has 0 atom stereocenters. The van der Waals surface area contributed by atoms with Gasteiger partial charge in [-0.25, -0.2) is 13.1 Å². The normalized spacial score (nSPS) is 12.7. The van der Waals surface area contributed by atoms with Crippen molar-refractivity contribution in [3.8, 4) is 0 Å². The lowest BCUT2D eigenvalue weighted by molar-refractivity contribution is -0.137. The molecule has 1 N–H and O–H groups in total. The van der Waals surface area contributed by atoms with Crippen LogP contribution in [0.1, 0.15) is 18.9 Å². The van der Waals surface area contributed by atoms with Gasteiger partial charge in [0, 0.05) is 6.54 Å². The van der Waals surface area contributed by atoms with Gasteiger partial charge in [-0.1, -0.05) is 13.0 Å². The first kappa shape index (κ1) is 14.0. The molecule has 7 heteroatoms. The minimum atomic E-state index is -4.55. The van der Waals surface area contributed by atoms with E-state index in [-0.39, 0.29) is 11.4 Å². The fraction of sp³-hybridized carbons (Fsp3) is 0.400. The van der Waals surface area contributed by atoms with Gasteiger partial charge in [0.25, 0.3) is 0 Å². The molecular formula is C10H12F3NO2S. The molecule has 1 aromatic carbocycles. The van der Waals surface area contributed by atoms with Gasteiger partial charge in [0.1, 0.15) is 0 Å². The Hall–Kier alpha value is -1.08. The van der Waals surface area contributed by atoms with E-state index in [1.807, 2.05) is 0 Å². The molecular weight excluding hydrogens is 255 g/mol. The van der Waals surface area contributed by atoms with E-state index < -0.39 is 21.8 Å². The van der Waals surface area contributed by atoms with Crippen molar-refractivity contribution >= 4 is 10.0 Å². The summed E-state index contributed by atoms with van der Waals surface area (Å²) in [6.07, 6.45) is -3.98. The summed E-state index contributed by atoms with van der Waals surface area (Å²) in [5.41, 5.74) is -0.975. The number of nitrogens with one attached hydrogen (secondary N) is 1. The highest BCUT2D eigenvalue weighted by atomic mass is 32.2. The van der Waals surface area contributed by atoms with Crippen molar-refractivity contribution < 1.29 is 21.6 Å². The van der Waals surface area contributed by atoms with Crippen molar-refractivity contribution in [2.24, 2.45) is 0 Å². The molecule has 0 radical (unpaired) electrons. The number of sulfonamides is 1. The smallest absolute Gasteiger partial charge is 0.211 e. The number of halogens is 3. The lowest BCUT2D eigenvalue weighted by atomic mass is 10.2. The summed E-state index contributed by atoms with van der Waals surface area (Å²) in [4.78, 5) is -0.374. The topological polar surface area (TPSA) is 46.2 Å². The highest BCUT2D eigenvalue weighted by molar-refractivity contribution is 7.89. The first-order chi connectivity index (χ1) is 7.77. The van der Waals surface area contributed by atoms with Crippen LogP contribution in [0.25, 0.3) is 0 Å². The quantitative estimate of drug-likeness (QED) is 0.910. The van der Waals surface area contributed by atoms with Crippen molar-refractivity contribution in [3.05, 3.63) is 29.8 Å². The molecule has 0 aliphatic carbocycles. The van der Waals surface area contributed by atoms with Gasteiger partial charge in [-0.05, 0) is 24.6 Å². The molecule has 0 saturated carbocycles. The number of alkyl halides is 3. The Morgan fingerprint density at radius 3 is 2.47 bits per heavy atom. The zero-order chi connectivity index (χ0) is 13.1. The summed E-state index contributed by atoms with van der Waals surface area (Å²) in [6, 6.07) is 3.66. The first-order valence-electron chi connectivity index (χ1n) is 4.94. The van der Waals surface area contributed by atoms with Crippen LogP contribution in [-0.4, -0.2) is 15.0 Å². The highest BCUT2D eigenvalue weighted by Gasteiger charge is 2.31. The fourth-order valence-corrected chi connectivity index (χ4v) is 2.34. The van der Waals surface area contributed by atoms with E-state index in [1.165, 1.54) is 0 Å². The minimum absolute atomic E-state index is 0.193. The zero-order valence-corrected chi connectivity index (χ0v) is 9.90. The van der Waals surface area contributed by atoms with E-state index in [2.05, 4.69) is 4.72 Å². The molecule has 0 aliphatic heterocycles. The Labute approximate surface area is 97.7 Å². The van der Waals surface area contributed by atoms with Gasteiger partial charge in [0.2, 0.25) is 10.0 Å². The fourth-order valence-electron chi connectivity index (χ4n) is 1.16. The predicted molar refractivity (Wildman–Crippen MR) is 56.9 cm³/mol. The van der Waals surface area contributed by atoms with Crippen molar-refractivity contribution in [2.75, 3.05) is 6.54 Å². The first-order valence-corrected chi connectivity index (χ1v) is 6.42. The molecule has 0 aromatic heterocycles. The second-order valence-electron chi connectivity index (χ2n) is 3.42. The summed E-state index contributed by atoms with van der Waals surface area (Å²) >= 11 is 0. The minimum Gasteiger partial charge on any atom is -0.211 e. The molecule has 1 aromatic rings. The summed E-state index contributed by atoms with van der Waals surface area (Å²) in [6.45, 7) is 1.95.